The van der Waals surface area contributed by atoms with Crippen molar-refractivity contribution in [1.82, 2.24) is 0 Å². The number of hydrogen-bond acceptors (Lipinski definition) is 3. The molecule has 4 saturated carbocycles. The monoisotopic (exact) mass is 420 g/mol. The van der Waals surface area contributed by atoms with E-state index in [0.29, 0.717) is 29.6 Å². The van der Waals surface area contributed by atoms with Gasteiger partial charge in [-0.3, -0.25) is 0 Å². The highest BCUT2D eigenvalue weighted by atomic mass is 16.3. The van der Waals surface area contributed by atoms with E-state index in [1.165, 1.54) is 25.7 Å². The molecule has 30 heavy (non-hydrogen) atoms. The van der Waals surface area contributed by atoms with Gasteiger partial charge in [0.2, 0.25) is 0 Å². The molecule has 10 atom stereocenters. The molecule has 4 aliphatic carbocycles. The molecule has 0 aromatic rings. The molecule has 3 heteroatoms. The predicted molar refractivity (Wildman–Crippen MR) is 122 cm³/mol. The number of rotatable bonds is 5. The summed E-state index contributed by atoms with van der Waals surface area (Å²) in [4.78, 5) is 0. The third kappa shape index (κ3) is 3.69. The molecule has 4 aliphatic rings. The first kappa shape index (κ1) is 23.1. The summed E-state index contributed by atoms with van der Waals surface area (Å²) in [6.45, 7) is 11.6. The molecular formula is C27H48O3. The lowest BCUT2D eigenvalue weighted by Gasteiger charge is -2.62. The van der Waals surface area contributed by atoms with Gasteiger partial charge in [-0.2, -0.15) is 0 Å². The minimum atomic E-state index is -0.570. The summed E-state index contributed by atoms with van der Waals surface area (Å²) in [6.07, 6.45) is 11.3. The molecule has 3 N–H and O–H groups in total. The molecule has 0 saturated heterocycles. The SMILES string of the molecule is CC(C)CCC[C@](C)(O)C1CCC2C3C[C@H](O)C4CC(O)CCC4(C)[C@H]3CCC21C. The number of hydrogen-bond donors (Lipinski definition) is 3. The summed E-state index contributed by atoms with van der Waals surface area (Å²) in [5.74, 6) is 3.27. The second kappa shape index (κ2) is 8.03. The zero-order valence-corrected chi connectivity index (χ0v) is 20.2. The van der Waals surface area contributed by atoms with Crippen LogP contribution in [0.25, 0.3) is 0 Å². The van der Waals surface area contributed by atoms with Crippen LogP contribution in [0.2, 0.25) is 0 Å². The molecule has 0 bridgehead atoms. The van der Waals surface area contributed by atoms with E-state index in [2.05, 4.69) is 34.6 Å². The van der Waals surface area contributed by atoms with Gasteiger partial charge in [0.1, 0.15) is 0 Å². The summed E-state index contributed by atoms with van der Waals surface area (Å²) in [6, 6.07) is 0. The van der Waals surface area contributed by atoms with E-state index < -0.39 is 5.60 Å². The lowest BCUT2D eigenvalue weighted by atomic mass is 9.43. The average Bonchev–Trinajstić information content (AvgIpc) is 3.01. The van der Waals surface area contributed by atoms with Gasteiger partial charge in [0, 0.05) is 0 Å². The van der Waals surface area contributed by atoms with E-state index in [1.807, 2.05) is 0 Å². The van der Waals surface area contributed by atoms with Crippen LogP contribution in [0.5, 0.6) is 0 Å². The minimum Gasteiger partial charge on any atom is -0.393 e. The number of fused-ring (bicyclic) bond motifs is 5. The molecule has 0 aromatic carbocycles. The van der Waals surface area contributed by atoms with Gasteiger partial charge >= 0.3 is 0 Å². The van der Waals surface area contributed by atoms with Crippen LogP contribution in [-0.4, -0.2) is 33.1 Å². The van der Waals surface area contributed by atoms with Gasteiger partial charge in [0.05, 0.1) is 17.8 Å². The Balaban J connectivity index is 1.53. The van der Waals surface area contributed by atoms with Gasteiger partial charge in [-0.15, -0.1) is 0 Å². The Morgan fingerprint density at radius 2 is 1.57 bits per heavy atom. The van der Waals surface area contributed by atoms with Crippen molar-refractivity contribution in [3.8, 4) is 0 Å². The Bertz CT molecular complexity index is 615. The number of aliphatic hydroxyl groups is 3. The summed E-state index contributed by atoms with van der Waals surface area (Å²) >= 11 is 0. The Kier molecular flexibility index (Phi) is 6.17. The molecule has 0 spiro atoms. The maximum absolute atomic E-state index is 11.6. The Hall–Kier alpha value is -0.120. The molecule has 0 aromatic heterocycles. The molecule has 0 heterocycles. The fourth-order valence-corrected chi connectivity index (χ4v) is 9.34. The smallest absolute Gasteiger partial charge is 0.0653 e. The number of aliphatic hydroxyl groups excluding tert-OH is 2. The maximum Gasteiger partial charge on any atom is 0.0653 e. The van der Waals surface area contributed by atoms with Gasteiger partial charge in [0.25, 0.3) is 0 Å². The van der Waals surface area contributed by atoms with Crippen molar-refractivity contribution in [2.45, 2.75) is 123 Å². The molecule has 0 aliphatic heterocycles. The fraction of sp³-hybridized carbons (Fsp3) is 1.00. The first-order valence-electron chi connectivity index (χ1n) is 13.1. The highest BCUT2D eigenvalue weighted by Crippen LogP contribution is 2.68. The van der Waals surface area contributed by atoms with Gasteiger partial charge in [-0.1, -0.05) is 40.5 Å². The van der Waals surface area contributed by atoms with Crippen LogP contribution in [0.1, 0.15) is 105 Å². The van der Waals surface area contributed by atoms with E-state index in [1.54, 1.807) is 0 Å². The van der Waals surface area contributed by atoms with Gasteiger partial charge < -0.3 is 15.3 Å². The second-order valence-corrected chi connectivity index (χ2v) is 13.0. The topological polar surface area (TPSA) is 60.7 Å². The summed E-state index contributed by atoms with van der Waals surface area (Å²) < 4.78 is 0. The van der Waals surface area contributed by atoms with Crippen molar-refractivity contribution in [2.24, 2.45) is 46.3 Å². The predicted octanol–water partition coefficient (Wildman–Crippen LogP) is 5.55. The Morgan fingerprint density at radius 1 is 0.900 bits per heavy atom. The van der Waals surface area contributed by atoms with Gasteiger partial charge in [-0.05, 0) is 111 Å². The van der Waals surface area contributed by atoms with Crippen LogP contribution in [0.4, 0.5) is 0 Å². The lowest BCUT2D eigenvalue weighted by Crippen LogP contribution is -2.59. The van der Waals surface area contributed by atoms with Crippen molar-refractivity contribution in [3.63, 3.8) is 0 Å². The van der Waals surface area contributed by atoms with Gasteiger partial charge in [0.15, 0.2) is 0 Å². The third-order valence-corrected chi connectivity index (χ3v) is 10.9. The summed E-state index contributed by atoms with van der Waals surface area (Å²) in [5.41, 5.74) is -0.180. The Labute approximate surface area is 185 Å². The zero-order chi connectivity index (χ0) is 21.9. The summed E-state index contributed by atoms with van der Waals surface area (Å²) in [7, 11) is 0. The highest BCUT2D eigenvalue weighted by molar-refractivity contribution is 5.13. The molecule has 4 rings (SSSR count). The van der Waals surface area contributed by atoms with Crippen LogP contribution < -0.4 is 0 Å². The van der Waals surface area contributed by atoms with Crippen molar-refractivity contribution >= 4 is 0 Å². The molecule has 4 fully saturated rings. The Morgan fingerprint density at radius 3 is 2.27 bits per heavy atom. The minimum absolute atomic E-state index is 0.181. The van der Waals surface area contributed by atoms with E-state index in [9.17, 15) is 15.3 Å². The lowest BCUT2D eigenvalue weighted by molar-refractivity contribution is -0.179. The van der Waals surface area contributed by atoms with E-state index >= 15 is 0 Å². The van der Waals surface area contributed by atoms with E-state index in [-0.39, 0.29) is 29.0 Å². The highest BCUT2D eigenvalue weighted by Gasteiger charge is 2.63. The standard InChI is InChI=1S/C27H48O3/c1-17(2)7-6-12-27(5,30)24-9-8-20-19-16-23(29)22-15-18(28)10-13-25(22,3)21(19)11-14-26(20,24)4/h17-24,28-30H,6-16H2,1-5H3/t18?,19?,20?,21-,22?,23-,24?,25?,26?,27-/m0/s1. The van der Waals surface area contributed by atoms with Crippen LogP contribution in [0.15, 0.2) is 0 Å². The molecular weight excluding hydrogens is 372 g/mol. The van der Waals surface area contributed by atoms with Crippen LogP contribution in [0, 0.1) is 46.3 Å². The molecule has 0 radical (unpaired) electrons. The van der Waals surface area contributed by atoms with Crippen molar-refractivity contribution in [1.29, 1.82) is 0 Å². The van der Waals surface area contributed by atoms with Crippen molar-refractivity contribution < 1.29 is 15.3 Å². The van der Waals surface area contributed by atoms with E-state index in [4.69, 9.17) is 0 Å². The third-order valence-electron chi connectivity index (χ3n) is 10.9. The molecule has 7 unspecified atom stereocenters. The first-order valence-corrected chi connectivity index (χ1v) is 13.1. The molecule has 3 nitrogen and oxygen atoms in total. The van der Waals surface area contributed by atoms with Crippen LogP contribution >= 0.6 is 0 Å². The first-order chi connectivity index (χ1) is 14.0. The second-order valence-electron chi connectivity index (χ2n) is 13.0. The average molecular weight is 421 g/mol. The van der Waals surface area contributed by atoms with Crippen LogP contribution in [-0.2, 0) is 0 Å². The van der Waals surface area contributed by atoms with Gasteiger partial charge in [-0.25, -0.2) is 0 Å². The quantitative estimate of drug-likeness (QED) is 0.546. The normalized spacial score (nSPS) is 50.5. The van der Waals surface area contributed by atoms with E-state index in [0.717, 1.165) is 44.9 Å². The summed E-state index contributed by atoms with van der Waals surface area (Å²) in [5, 5.41) is 33.0. The maximum atomic E-state index is 11.6. The molecule has 174 valence electrons. The van der Waals surface area contributed by atoms with Crippen molar-refractivity contribution in [2.75, 3.05) is 0 Å². The van der Waals surface area contributed by atoms with Crippen molar-refractivity contribution in [3.05, 3.63) is 0 Å². The van der Waals surface area contributed by atoms with Crippen LogP contribution in [0.3, 0.4) is 0 Å². The fourth-order valence-electron chi connectivity index (χ4n) is 9.34. The molecule has 0 amide bonds. The zero-order valence-electron chi connectivity index (χ0n) is 20.2. The largest absolute Gasteiger partial charge is 0.393 e.